The topological polar surface area (TPSA) is 9.23 Å². The molecule has 33 heavy (non-hydrogen) atoms. The first-order valence-electron chi connectivity index (χ1n) is 11.1. The zero-order chi connectivity index (χ0) is 22.9. The minimum atomic E-state index is -0.536. The van der Waals surface area contributed by atoms with E-state index in [4.69, 9.17) is 17.6 Å². The van der Waals surface area contributed by atoms with Gasteiger partial charge in [-0.3, -0.25) is 0 Å². The molecular weight excluding hydrogens is 400 g/mol. The normalized spacial score (nSPS) is 12.6. The van der Waals surface area contributed by atoms with Crippen molar-refractivity contribution >= 4 is 0 Å². The molecule has 0 aromatic heterocycles. The van der Waals surface area contributed by atoms with Crippen molar-refractivity contribution in [3.8, 4) is 24.7 Å². The molecule has 4 aromatic carbocycles. The number of hydrogen-bond donors (Lipinski definition) is 0. The summed E-state index contributed by atoms with van der Waals surface area (Å²) < 4.78 is 6.62. The quantitative estimate of drug-likeness (QED) is 0.286. The largest absolute Gasteiger partial charge is 0.348 e. The zero-order valence-corrected chi connectivity index (χ0v) is 18.4. The van der Waals surface area contributed by atoms with E-state index in [0.29, 0.717) is 0 Å². The summed E-state index contributed by atoms with van der Waals surface area (Å²) in [6, 6.07) is 40.9. The molecule has 0 N–H and O–H groups in total. The van der Waals surface area contributed by atoms with Crippen LogP contribution in [0, 0.1) is 24.7 Å². The first kappa shape index (κ1) is 22.2. The molecule has 160 valence electrons. The molecule has 0 fully saturated rings. The van der Waals surface area contributed by atoms with E-state index in [1.54, 1.807) is 0 Å². The maximum atomic E-state index is 6.62. The van der Waals surface area contributed by atoms with Gasteiger partial charge in [-0.1, -0.05) is 133 Å². The van der Waals surface area contributed by atoms with Gasteiger partial charge in [0.05, 0.1) is 0 Å². The Kier molecular flexibility index (Phi) is 7.40. The molecule has 0 bridgehead atoms. The van der Waals surface area contributed by atoms with E-state index >= 15 is 0 Å². The summed E-state index contributed by atoms with van der Waals surface area (Å²) in [5.41, 5.74) is 4.38. The van der Waals surface area contributed by atoms with Crippen LogP contribution in [0.3, 0.4) is 0 Å². The van der Waals surface area contributed by atoms with E-state index in [9.17, 15) is 0 Å². The lowest BCUT2D eigenvalue weighted by Gasteiger charge is -2.31. The minimum absolute atomic E-state index is 0.138. The summed E-state index contributed by atoms with van der Waals surface area (Å²) in [6.07, 6.45) is 11.1. The first-order chi connectivity index (χ1) is 16.3. The van der Waals surface area contributed by atoms with E-state index in [-0.39, 0.29) is 11.8 Å². The van der Waals surface area contributed by atoms with Crippen LogP contribution in [0.2, 0.25) is 0 Å². The smallest absolute Gasteiger partial charge is 0.130 e. The standard InChI is InChI=1S/C32H26O/c1-3-29(31(25-17-9-5-10-18-25)26-19-11-6-12-20-26)33-30(4-2)32(27-21-13-7-14-22-27)28-23-15-8-16-24-28/h1-2,5-24,29-32H. The van der Waals surface area contributed by atoms with Gasteiger partial charge >= 0.3 is 0 Å². The molecule has 0 saturated carbocycles. The first-order valence-corrected chi connectivity index (χ1v) is 11.1. The number of rotatable bonds is 8. The van der Waals surface area contributed by atoms with E-state index in [2.05, 4.69) is 60.4 Å². The van der Waals surface area contributed by atoms with Gasteiger partial charge < -0.3 is 4.74 Å². The molecule has 1 heteroatoms. The Hall–Kier alpha value is -4.04. The third-order valence-electron chi connectivity index (χ3n) is 5.86. The van der Waals surface area contributed by atoms with Crippen LogP contribution in [0.25, 0.3) is 0 Å². The number of ether oxygens (including phenoxy) is 1. The van der Waals surface area contributed by atoms with Crippen molar-refractivity contribution in [1.29, 1.82) is 0 Å². The maximum Gasteiger partial charge on any atom is 0.130 e. The summed E-state index contributed by atoms with van der Waals surface area (Å²) in [5, 5.41) is 0. The highest BCUT2D eigenvalue weighted by Gasteiger charge is 2.31. The van der Waals surface area contributed by atoms with E-state index in [1.165, 1.54) is 0 Å². The number of terminal acetylenes is 2. The van der Waals surface area contributed by atoms with Crippen molar-refractivity contribution in [2.75, 3.05) is 0 Å². The highest BCUT2D eigenvalue weighted by atomic mass is 16.5. The second-order valence-electron chi connectivity index (χ2n) is 7.91. The zero-order valence-electron chi connectivity index (χ0n) is 18.4. The second kappa shape index (κ2) is 11.0. The van der Waals surface area contributed by atoms with Gasteiger partial charge in [-0.2, -0.15) is 0 Å². The lowest BCUT2D eigenvalue weighted by atomic mass is 9.84. The highest BCUT2D eigenvalue weighted by Crippen LogP contribution is 2.35. The van der Waals surface area contributed by atoms with E-state index in [0.717, 1.165) is 22.3 Å². The third-order valence-corrected chi connectivity index (χ3v) is 5.86. The summed E-state index contributed by atoms with van der Waals surface area (Å²) in [6.45, 7) is 0. The summed E-state index contributed by atoms with van der Waals surface area (Å²) in [4.78, 5) is 0. The molecule has 4 rings (SSSR count). The van der Waals surface area contributed by atoms with Gasteiger partial charge in [0.2, 0.25) is 0 Å². The van der Waals surface area contributed by atoms with Gasteiger partial charge in [0, 0.05) is 11.8 Å². The predicted molar refractivity (Wildman–Crippen MR) is 136 cm³/mol. The fourth-order valence-electron chi connectivity index (χ4n) is 4.31. The van der Waals surface area contributed by atoms with Crippen LogP contribution >= 0.6 is 0 Å². The Balaban J connectivity index is 1.74. The molecular formula is C32H26O. The van der Waals surface area contributed by atoms with Crippen LogP contribution in [0.15, 0.2) is 121 Å². The summed E-state index contributed by atoms with van der Waals surface area (Å²) in [7, 11) is 0. The highest BCUT2D eigenvalue weighted by molar-refractivity contribution is 5.39. The van der Waals surface area contributed by atoms with Gasteiger partial charge in [-0.15, -0.1) is 12.8 Å². The van der Waals surface area contributed by atoms with Gasteiger partial charge in [-0.25, -0.2) is 0 Å². The van der Waals surface area contributed by atoms with Crippen molar-refractivity contribution in [3.05, 3.63) is 144 Å². The number of hydrogen-bond acceptors (Lipinski definition) is 1. The van der Waals surface area contributed by atoms with Gasteiger partial charge in [0.25, 0.3) is 0 Å². The van der Waals surface area contributed by atoms with Crippen molar-refractivity contribution in [1.82, 2.24) is 0 Å². The number of benzene rings is 4. The van der Waals surface area contributed by atoms with E-state index in [1.807, 2.05) is 72.8 Å². The molecule has 0 radical (unpaired) electrons. The van der Waals surface area contributed by atoms with Crippen LogP contribution < -0.4 is 0 Å². The molecule has 0 spiro atoms. The Morgan fingerprint density at radius 1 is 0.424 bits per heavy atom. The Morgan fingerprint density at radius 2 is 0.667 bits per heavy atom. The molecule has 4 aromatic rings. The van der Waals surface area contributed by atoms with Crippen molar-refractivity contribution in [2.45, 2.75) is 24.0 Å². The molecule has 0 aliphatic rings. The minimum Gasteiger partial charge on any atom is -0.348 e. The maximum absolute atomic E-state index is 6.62. The van der Waals surface area contributed by atoms with E-state index < -0.39 is 12.2 Å². The second-order valence-corrected chi connectivity index (χ2v) is 7.91. The summed E-state index contributed by atoms with van der Waals surface area (Å²) >= 11 is 0. The van der Waals surface area contributed by atoms with Gasteiger partial charge in [0.1, 0.15) is 12.2 Å². The van der Waals surface area contributed by atoms with Crippen LogP contribution in [0.1, 0.15) is 34.1 Å². The molecule has 0 aliphatic carbocycles. The fourth-order valence-corrected chi connectivity index (χ4v) is 4.31. The van der Waals surface area contributed by atoms with Crippen molar-refractivity contribution in [3.63, 3.8) is 0 Å². The predicted octanol–water partition coefficient (Wildman–Crippen LogP) is 6.67. The lowest BCUT2D eigenvalue weighted by Crippen LogP contribution is -2.31. The van der Waals surface area contributed by atoms with Crippen LogP contribution in [-0.2, 0) is 4.74 Å². The average Bonchev–Trinajstić information content (AvgIpc) is 2.90. The Morgan fingerprint density at radius 3 is 0.879 bits per heavy atom. The molecule has 0 aliphatic heterocycles. The van der Waals surface area contributed by atoms with Crippen LogP contribution in [0.5, 0.6) is 0 Å². The van der Waals surface area contributed by atoms with Gasteiger partial charge in [-0.05, 0) is 22.3 Å². The Bertz CT molecular complexity index is 1020. The van der Waals surface area contributed by atoms with Crippen LogP contribution in [-0.4, -0.2) is 12.2 Å². The SMILES string of the molecule is C#CC(OC(C#C)C(c1ccccc1)c1ccccc1)C(c1ccccc1)c1ccccc1. The lowest BCUT2D eigenvalue weighted by molar-refractivity contribution is 0.0349. The summed E-state index contributed by atoms with van der Waals surface area (Å²) in [5.74, 6) is 5.53. The molecule has 2 atom stereocenters. The molecule has 0 amide bonds. The fraction of sp³-hybridized carbons (Fsp3) is 0.125. The molecule has 2 unspecified atom stereocenters. The third kappa shape index (κ3) is 5.24. The Labute approximate surface area is 197 Å². The van der Waals surface area contributed by atoms with Crippen molar-refractivity contribution in [2.24, 2.45) is 0 Å². The van der Waals surface area contributed by atoms with Crippen molar-refractivity contribution < 1.29 is 4.74 Å². The molecule has 1 nitrogen and oxygen atoms in total. The molecule has 0 heterocycles. The van der Waals surface area contributed by atoms with Gasteiger partial charge in [0.15, 0.2) is 0 Å². The monoisotopic (exact) mass is 426 g/mol. The van der Waals surface area contributed by atoms with Crippen LogP contribution in [0.4, 0.5) is 0 Å². The molecule has 0 saturated heterocycles. The average molecular weight is 427 g/mol.